The summed E-state index contributed by atoms with van der Waals surface area (Å²) in [5.41, 5.74) is 0. The van der Waals surface area contributed by atoms with Gasteiger partial charge in [-0.1, -0.05) is 0 Å². The summed E-state index contributed by atoms with van der Waals surface area (Å²) < 4.78 is 28.6. The van der Waals surface area contributed by atoms with Crippen molar-refractivity contribution in [3.8, 4) is 0 Å². The van der Waals surface area contributed by atoms with E-state index in [9.17, 15) is 0 Å². The van der Waals surface area contributed by atoms with Crippen molar-refractivity contribution in [3.05, 3.63) is 0 Å². The number of ether oxygens (including phenoxy) is 5. The maximum absolute atomic E-state index is 5.85. The third-order valence-corrected chi connectivity index (χ3v) is 3.36. The van der Waals surface area contributed by atoms with Crippen LogP contribution in [-0.2, 0) is 23.7 Å². The molecule has 1 unspecified atom stereocenters. The Morgan fingerprint density at radius 1 is 0.824 bits per heavy atom. The summed E-state index contributed by atoms with van der Waals surface area (Å²) in [5, 5.41) is 0. The van der Waals surface area contributed by atoms with Crippen molar-refractivity contribution in [1.29, 1.82) is 0 Å². The Labute approximate surface area is 101 Å². The third kappa shape index (κ3) is 2.22. The summed E-state index contributed by atoms with van der Waals surface area (Å²) in [4.78, 5) is 0. The molecule has 3 heterocycles. The van der Waals surface area contributed by atoms with Gasteiger partial charge in [0.15, 0.2) is 17.9 Å². The molecule has 5 heteroatoms. The molecular formula is C12H20O5. The van der Waals surface area contributed by atoms with E-state index in [-0.39, 0.29) is 24.6 Å². The van der Waals surface area contributed by atoms with Crippen molar-refractivity contribution in [3.63, 3.8) is 0 Å². The molecule has 3 aliphatic heterocycles. The fourth-order valence-corrected chi connectivity index (χ4v) is 2.67. The number of hydrogen-bond acceptors (Lipinski definition) is 5. The van der Waals surface area contributed by atoms with E-state index in [2.05, 4.69) is 0 Å². The molecular weight excluding hydrogens is 224 g/mol. The van der Waals surface area contributed by atoms with Crippen molar-refractivity contribution < 1.29 is 23.7 Å². The molecule has 98 valence electrons. The zero-order valence-electron chi connectivity index (χ0n) is 10.8. The van der Waals surface area contributed by atoms with Crippen molar-refractivity contribution in [2.45, 2.75) is 70.3 Å². The van der Waals surface area contributed by atoms with Crippen LogP contribution in [0.25, 0.3) is 0 Å². The Hall–Kier alpha value is -0.200. The largest absolute Gasteiger partial charge is 0.348 e. The van der Waals surface area contributed by atoms with E-state index < -0.39 is 11.6 Å². The minimum Gasteiger partial charge on any atom is -0.348 e. The van der Waals surface area contributed by atoms with Crippen LogP contribution in [0.15, 0.2) is 0 Å². The molecule has 0 aromatic carbocycles. The van der Waals surface area contributed by atoms with Crippen LogP contribution in [0.3, 0.4) is 0 Å². The first-order valence-corrected chi connectivity index (χ1v) is 6.18. The lowest BCUT2D eigenvalue weighted by Crippen LogP contribution is -2.33. The van der Waals surface area contributed by atoms with Crippen LogP contribution in [0.2, 0.25) is 0 Å². The summed E-state index contributed by atoms with van der Waals surface area (Å²) in [6.07, 6.45) is 0.538. The number of fused-ring (bicyclic) bond motifs is 1. The van der Waals surface area contributed by atoms with E-state index in [1.54, 1.807) is 0 Å². The predicted molar refractivity (Wildman–Crippen MR) is 58.2 cm³/mol. The van der Waals surface area contributed by atoms with Gasteiger partial charge in [0.2, 0.25) is 0 Å². The van der Waals surface area contributed by atoms with E-state index in [0.29, 0.717) is 6.61 Å². The maximum Gasteiger partial charge on any atom is 0.187 e. The third-order valence-electron chi connectivity index (χ3n) is 3.36. The lowest BCUT2D eigenvalue weighted by Gasteiger charge is -2.23. The highest BCUT2D eigenvalue weighted by Gasteiger charge is 2.52. The van der Waals surface area contributed by atoms with E-state index in [0.717, 1.165) is 6.42 Å². The predicted octanol–water partition coefficient (Wildman–Crippen LogP) is 1.40. The number of rotatable bonds is 1. The van der Waals surface area contributed by atoms with Gasteiger partial charge in [0.1, 0.15) is 12.2 Å². The molecule has 5 nitrogen and oxygen atoms in total. The standard InChI is InChI=1S/C12H20O5/c1-11(2)13-6-9(16-11)7-5-8-10(14-7)17-12(3,4)15-8/h7-10H,5-6H2,1-4H3/t7-,8-,9-,10?/m1/s1. The second-order valence-electron chi connectivity index (χ2n) is 5.82. The van der Waals surface area contributed by atoms with Gasteiger partial charge in [0.05, 0.1) is 12.7 Å². The average Bonchev–Trinajstić information content (AvgIpc) is 2.75. The Kier molecular flexibility index (Phi) is 2.55. The summed E-state index contributed by atoms with van der Waals surface area (Å²) >= 11 is 0. The molecule has 17 heavy (non-hydrogen) atoms. The van der Waals surface area contributed by atoms with Gasteiger partial charge in [-0.3, -0.25) is 0 Å². The van der Waals surface area contributed by atoms with Gasteiger partial charge in [0, 0.05) is 6.42 Å². The van der Waals surface area contributed by atoms with Crippen LogP contribution in [0.1, 0.15) is 34.1 Å². The highest BCUT2D eigenvalue weighted by atomic mass is 16.8. The van der Waals surface area contributed by atoms with E-state index >= 15 is 0 Å². The summed E-state index contributed by atoms with van der Waals surface area (Å²) in [5.74, 6) is -1.04. The van der Waals surface area contributed by atoms with Crippen LogP contribution in [0.4, 0.5) is 0 Å². The monoisotopic (exact) mass is 244 g/mol. The molecule has 3 saturated heterocycles. The molecule has 0 saturated carbocycles. The Balaban J connectivity index is 1.60. The van der Waals surface area contributed by atoms with Gasteiger partial charge >= 0.3 is 0 Å². The second-order valence-corrected chi connectivity index (χ2v) is 5.82. The smallest absolute Gasteiger partial charge is 0.187 e. The van der Waals surface area contributed by atoms with Crippen LogP contribution < -0.4 is 0 Å². The minimum absolute atomic E-state index is 0.00266. The topological polar surface area (TPSA) is 46.2 Å². The van der Waals surface area contributed by atoms with Crippen molar-refractivity contribution in [2.75, 3.05) is 6.61 Å². The zero-order chi connectivity index (χ0) is 12.3. The van der Waals surface area contributed by atoms with Gasteiger partial charge in [-0.05, 0) is 27.7 Å². The molecule has 0 amide bonds. The molecule has 0 bridgehead atoms. The van der Waals surface area contributed by atoms with Crippen molar-refractivity contribution in [2.24, 2.45) is 0 Å². The van der Waals surface area contributed by atoms with Gasteiger partial charge in [-0.25, -0.2) is 0 Å². The number of hydrogen-bond donors (Lipinski definition) is 0. The molecule has 0 aromatic heterocycles. The lowest BCUT2D eigenvalue weighted by molar-refractivity contribution is -0.220. The van der Waals surface area contributed by atoms with Crippen LogP contribution in [-0.4, -0.2) is 42.8 Å². The lowest BCUT2D eigenvalue weighted by atomic mass is 10.1. The maximum atomic E-state index is 5.85. The average molecular weight is 244 g/mol. The molecule has 0 aliphatic carbocycles. The van der Waals surface area contributed by atoms with Gasteiger partial charge in [0.25, 0.3) is 0 Å². The fourth-order valence-electron chi connectivity index (χ4n) is 2.67. The highest BCUT2D eigenvalue weighted by molar-refractivity contribution is 4.90. The normalized spacial score (nSPS) is 47.3. The molecule has 0 aromatic rings. The molecule has 3 rings (SSSR count). The van der Waals surface area contributed by atoms with Gasteiger partial charge < -0.3 is 23.7 Å². The summed E-state index contributed by atoms with van der Waals surface area (Å²) in [7, 11) is 0. The SMILES string of the molecule is CC1(C)OC2O[C@@H]([C@H]3COC(C)(C)O3)C[C@H]2O1. The Morgan fingerprint density at radius 3 is 2.12 bits per heavy atom. The van der Waals surface area contributed by atoms with E-state index in [4.69, 9.17) is 23.7 Å². The van der Waals surface area contributed by atoms with Crippen LogP contribution >= 0.6 is 0 Å². The minimum atomic E-state index is -0.535. The highest BCUT2D eigenvalue weighted by Crippen LogP contribution is 2.40. The van der Waals surface area contributed by atoms with Crippen molar-refractivity contribution in [1.82, 2.24) is 0 Å². The zero-order valence-corrected chi connectivity index (χ0v) is 10.8. The van der Waals surface area contributed by atoms with Crippen molar-refractivity contribution >= 4 is 0 Å². The molecule has 3 aliphatic rings. The molecule has 0 radical (unpaired) electrons. The Morgan fingerprint density at radius 2 is 1.53 bits per heavy atom. The quantitative estimate of drug-likeness (QED) is 0.697. The first kappa shape index (κ1) is 11.9. The molecule has 0 N–H and O–H groups in total. The first-order valence-electron chi connectivity index (χ1n) is 6.18. The summed E-state index contributed by atoms with van der Waals surface area (Å²) in [6, 6.07) is 0. The first-order chi connectivity index (χ1) is 7.85. The van der Waals surface area contributed by atoms with Gasteiger partial charge in [-0.15, -0.1) is 0 Å². The fraction of sp³-hybridized carbons (Fsp3) is 1.00. The molecule has 0 spiro atoms. The Bertz CT molecular complexity index is 298. The molecule has 3 fully saturated rings. The summed E-state index contributed by atoms with van der Waals surface area (Å²) in [6.45, 7) is 8.21. The second kappa shape index (κ2) is 3.65. The van der Waals surface area contributed by atoms with E-state index in [1.165, 1.54) is 0 Å². The van der Waals surface area contributed by atoms with E-state index in [1.807, 2.05) is 27.7 Å². The van der Waals surface area contributed by atoms with Gasteiger partial charge in [-0.2, -0.15) is 0 Å². The van der Waals surface area contributed by atoms with Crippen LogP contribution in [0, 0.1) is 0 Å². The molecule has 4 atom stereocenters. The van der Waals surface area contributed by atoms with Crippen LogP contribution in [0.5, 0.6) is 0 Å².